The van der Waals surface area contributed by atoms with E-state index in [1.807, 2.05) is 24.3 Å². The van der Waals surface area contributed by atoms with Gasteiger partial charge in [-0.15, -0.1) is 0 Å². The molecule has 1 aromatic carbocycles. The minimum absolute atomic E-state index is 0.433. The number of hydrogen-bond acceptors (Lipinski definition) is 3. The van der Waals surface area contributed by atoms with E-state index in [1.165, 1.54) is 6.42 Å². The Labute approximate surface area is 137 Å². The summed E-state index contributed by atoms with van der Waals surface area (Å²) in [6.45, 7) is 10.6. The van der Waals surface area contributed by atoms with Crippen LogP contribution in [0, 0.1) is 0 Å². The van der Waals surface area contributed by atoms with Crippen molar-refractivity contribution in [1.82, 2.24) is 10.2 Å². The third kappa shape index (κ3) is 7.41. The number of nitrogens with one attached hydrogen (secondary N) is 1. The summed E-state index contributed by atoms with van der Waals surface area (Å²) in [5, 5.41) is 13.6. The number of rotatable bonds is 10. The standard InChI is InChI=1S/C17H29BrN2O/c1-4-20(5-2)11-7-8-14(3)19-13-17(21)15-9-6-10-16(18)12-15/h6,9-10,12,14,17,19,21H,4-5,7-8,11,13H2,1-3H3. The maximum absolute atomic E-state index is 10.2. The average Bonchev–Trinajstić information content (AvgIpc) is 2.49. The Kier molecular flexibility index (Phi) is 9.16. The van der Waals surface area contributed by atoms with Gasteiger partial charge in [-0.25, -0.2) is 0 Å². The molecule has 1 aromatic rings. The van der Waals surface area contributed by atoms with Crippen molar-refractivity contribution in [3.05, 3.63) is 34.3 Å². The van der Waals surface area contributed by atoms with E-state index >= 15 is 0 Å². The maximum atomic E-state index is 10.2. The lowest BCUT2D eigenvalue weighted by atomic mass is 10.1. The van der Waals surface area contributed by atoms with Gasteiger partial charge in [-0.2, -0.15) is 0 Å². The van der Waals surface area contributed by atoms with Crippen LogP contribution in [-0.4, -0.2) is 42.2 Å². The lowest BCUT2D eigenvalue weighted by molar-refractivity contribution is 0.169. The molecule has 0 amide bonds. The van der Waals surface area contributed by atoms with Gasteiger partial charge in [0.25, 0.3) is 0 Å². The topological polar surface area (TPSA) is 35.5 Å². The highest BCUT2D eigenvalue weighted by molar-refractivity contribution is 9.10. The van der Waals surface area contributed by atoms with Gasteiger partial charge in [-0.05, 0) is 57.1 Å². The van der Waals surface area contributed by atoms with Crippen molar-refractivity contribution in [2.45, 2.75) is 45.8 Å². The van der Waals surface area contributed by atoms with Crippen LogP contribution in [0.5, 0.6) is 0 Å². The van der Waals surface area contributed by atoms with Crippen LogP contribution in [0.1, 0.15) is 45.3 Å². The molecular formula is C17H29BrN2O. The van der Waals surface area contributed by atoms with Gasteiger partial charge >= 0.3 is 0 Å². The molecule has 21 heavy (non-hydrogen) atoms. The summed E-state index contributed by atoms with van der Waals surface area (Å²) in [5.74, 6) is 0. The minimum atomic E-state index is -0.451. The minimum Gasteiger partial charge on any atom is -0.387 e. The van der Waals surface area contributed by atoms with E-state index in [4.69, 9.17) is 0 Å². The summed E-state index contributed by atoms with van der Waals surface area (Å²) in [4.78, 5) is 2.45. The van der Waals surface area contributed by atoms with E-state index in [9.17, 15) is 5.11 Å². The van der Waals surface area contributed by atoms with Crippen molar-refractivity contribution >= 4 is 15.9 Å². The molecule has 0 aliphatic carbocycles. The van der Waals surface area contributed by atoms with Crippen molar-refractivity contribution < 1.29 is 5.11 Å². The molecule has 0 aliphatic heterocycles. The molecule has 1 rings (SSSR count). The van der Waals surface area contributed by atoms with E-state index in [0.717, 1.165) is 36.1 Å². The maximum Gasteiger partial charge on any atom is 0.0914 e. The van der Waals surface area contributed by atoms with Crippen molar-refractivity contribution in [1.29, 1.82) is 0 Å². The Morgan fingerprint density at radius 1 is 1.29 bits per heavy atom. The number of aliphatic hydroxyl groups is 1. The van der Waals surface area contributed by atoms with Gasteiger partial charge in [0.2, 0.25) is 0 Å². The molecule has 120 valence electrons. The van der Waals surface area contributed by atoms with Crippen LogP contribution in [-0.2, 0) is 0 Å². The van der Waals surface area contributed by atoms with Gasteiger partial charge in [0.05, 0.1) is 6.10 Å². The largest absolute Gasteiger partial charge is 0.387 e. The monoisotopic (exact) mass is 356 g/mol. The third-order valence-electron chi connectivity index (χ3n) is 3.90. The number of halogens is 1. The van der Waals surface area contributed by atoms with E-state index in [-0.39, 0.29) is 0 Å². The fraction of sp³-hybridized carbons (Fsp3) is 0.647. The Morgan fingerprint density at radius 2 is 2.00 bits per heavy atom. The number of aliphatic hydroxyl groups excluding tert-OH is 1. The van der Waals surface area contributed by atoms with Gasteiger partial charge in [0, 0.05) is 17.1 Å². The van der Waals surface area contributed by atoms with Gasteiger partial charge < -0.3 is 15.3 Å². The Morgan fingerprint density at radius 3 is 2.62 bits per heavy atom. The molecule has 0 radical (unpaired) electrons. The summed E-state index contributed by atoms with van der Waals surface area (Å²) in [5.41, 5.74) is 0.951. The van der Waals surface area contributed by atoms with E-state index in [0.29, 0.717) is 12.6 Å². The second kappa shape index (κ2) is 10.3. The molecule has 0 bridgehead atoms. The number of benzene rings is 1. The summed E-state index contributed by atoms with van der Waals surface area (Å²) in [6.07, 6.45) is 1.89. The molecule has 0 aliphatic rings. The highest BCUT2D eigenvalue weighted by Crippen LogP contribution is 2.17. The van der Waals surface area contributed by atoms with Crippen molar-refractivity contribution in [3.8, 4) is 0 Å². The third-order valence-corrected chi connectivity index (χ3v) is 4.39. The predicted octanol–water partition coefficient (Wildman–Crippen LogP) is 3.58. The van der Waals surface area contributed by atoms with Gasteiger partial charge in [0.1, 0.15) is 0 Å². The molecule has 0 spiro atoms. The Balaban J connectivity index is 2.24. The van der Waals surface area contributed by atoms with Crippen molar-refractivity contribution in [2.24, 2.45) is 0 Å². The summed E-state index contributed by atoms with van der Waals surface area (Å²) in [7, 11) is 0. The van der Waals surface area contributed by atoms with Crippen LogP contribution in [0.15, 0.2) is 28.7 Å². The second-order valence-corrected chi connectivity index (χ2v) is 6.46. The van der Waals surface area contributed by atoms with Crippen molar-refractivity contribution in [2.75, 3.05) is 26.2 Å². The molecule has 4 heteroatoms. The van der Waals surface area contributed by atoms with E-state index in [2.05, 4.69) is 46.9 Å². The number of hydrogen-bond donors (Lipinski definition) is 2. The molecule has 2 unspecified atom stereocenters. The zero-order valence-electron chi connectivity index (χ0n) is 13.5. The summed E-state index contributed by atoms with van der Waals surface area (Å²) >= 11 is 3.44. The van der Waals surface area contributed by atoms with Crippen LogP contribution in [0.25, 0.3) is 0 Å². The first-order chi connectivity index (χ1) is 10.1. The average molecular weight is 357 g/mol. The smallest absolute Gasteiger partial charge is 0.0914 e. The molecule has 0 aromatic heterocycles. The number of nitrogens with zero attached hydrogens (tertiary/aromatic N) is 1. The molecule has 0 saturated carbocycles. The van der Waals surface area contributed by atoms with Crippen LogP contribution in [0.3, 0.4) is 0 Å². The fourth-order valence-corrected chi connectivity index (χ4v) is 2.82. The molecule has 2 atom stereocenters. The molecule has 2 N–H and O–H groups in total. The lowest BCUT2D eigenvalue weighted by Gasteiger charge is -2.21. The molecule has 3 nitrogen and oxygen atoms in total. The van der Waals surface area contributed by atoms with Crippen LogP contribution in [0.2, 0.25) is 0 Å². The molecular weight excluding hydrogens is 328 g/mol. The van der Waals surface area contributed by atoms with Gasteiger partial charge in [-0.1, -0.05) is 41.9 Å². The zero-order valence-corrected chi connectivity index (χ0v) is 15.1. The zero-order chi connectivity index (χ0) is 15.7. The summed E-state index contributed by atoms with van der Waals surface area (Å²) < 4.78 is 1.01. The second-order valence-electron chi connectivity index (χ2n) is 5.55. The first-order valence-electron chi connectivity index (χ1n) is 7.96. The quantitative estimate of drug-likeness (QED) is 0.672. The lowest BCUT2D eigenvalue weighted by Crippen LogP contribution is -2.32. The van der Waals surface area contributed by atoms with Gasteiger partial charge in [-0.3, -0.25) is 0 Å². The molecule has 0 fully saturated rings. The van der Waals surface area contributed by atoms with Crippen LogP contribution < -0.4 is 5.32 Å². The molecule has 0 saturated heterocycles. The van der Waals surface area contributed by atoms with E-state index < -0.39 is 6.10 Å². The van der Waals surface area contributed by atoms with E-state index in [1.54, 1.807) is 0 Å². The van der Waals surface area contributed by atoms with Crippen LogP contribution >= 0.6 is 15.9 Å². The first-order valence-corrected chi connectivity index (χ1v) is 8.75. The van der Waals surface area contributed by atoms with Crippen molar-refractivity contribution in [3.63, 3.8) is 0 Å². The summed E-state index contributed by atoms with van der Waals surface area (Å²) in [6, 6.07) is 8.29. The van der Waals surface area contributed by atoms with Gasteiger partial charge in [0.15, 0.2) is 0 Å². The fourth-order valence-electron chi connectivity index (χ4n) is 2.41. The molecule has 0 heterocycles. The predicted molar refractivity (Wildman–Crippen MR) is 93.6 cm³/mol. The highest BCUT2D eigenvalue weighted by atomic mass is 79.9. The SMILES string of the molecule is CCN(CC)CCCC(C)NCC(O)c1cccc(Br)c1. The van der Waals surface area contributed by atoms with Crippen LogP contribution in [0.4, 0.5) is 0 Å². The Hall–Kier alpha value is -0.420. The Bertz CT molecular complexity index is 396. The highest BCUT2D eigenvalue weighted by Gasteiger charge is 2.10. The normalized spacial score (nSPS) is 14.4. The first kappa shape index (κ1) is 18.6.